The van der Waals surface area contributed by atoms with E-state index in [1.165, 1.54) is 44.7 Å². The third kappa shape index (κ3) is 6.06. The molecular weight excluding hydrogens is 356 g/mol. The van der Waals surface area contributed by atoms with Gasteiger partial charge < -0.3 is 14.8 Å². The first kappa shape index (κ1) is 19.8. The van der Waals surface area contributed by atoms with Crippen LogP contribution in [0.15, 0.2) is 42.7 Å². The quantitative estimate of drug-likeness (QED) is 0.406. The summed E-state index contributed by atoms with van der Waals surface area (Å²) in [6.07, 6.45) is 8.65. The van der Waals surface area contributed by atoms with E-state index in [4.69, 9.17) is 4.74 Å². The Labute approximate surface area is 165 Å². The summed E-state index contributed by atoms with van der Waals surface area (Å²) in [6, 6.07) is 8.21. The number of ether oxygens (including phenoxy) is 2. The molecule has 1 aromatic carbocycles. The van der Waals surface area contributed by atoms with Crippen molar-refractivity contribution in [1.82, 2.24) is 14.9 Å². The lowest BCUT2D eigenvalue weighted by atomic mass is 10.2. The number of nitrogens with zero attached hydrogens (tertiary/aromatic N) is 3. The van der Waals surface area contributed by atoms with E-state index in [1.807, 2.05) is 12.1 Å². The summed E-state index contributed by atoms with van der Waals surface area (Å²) in [5.41, 5.74) is 1.81. The lowest BCUT2D eigenvalue weighted by molar-refractivity contribution is -0.134. The predicted molar refractivity (Wildman–Crippen MR) is 108 cm³/mol. The Morgan fingerprint density at radius 1 is 1.21 bits per heavy atom. The van der Waals surface area contributed by atoms with Crippen molar-refractivity contribution in [2.24, 2.45) is 0 Å². The zero-order valence-corrected chi connectivity index (χ0v) is 16.1. The summed E-state index contributed by atoms with van der Waals surface area (Å²) in [6.45, 7) is 4.42. The second kappa shape index (κ2) is 10.4. The minimum absolute atomic E-state index is 0.425. The molecule has 1 aromatic heterocycles. The Morgan fingerprint density at radius 2 is 2.04 bits per heavy atom. The number of hydrogen-bond acceptors (Lipinski definition) is 7. The smallest absolute Gasteiger partial charge is 0.330 e. The van der Waals surface area contributed by atoms with E-state index in [9.17, 15) is 4.79 Å². The first-order valence-corrected chi connectivity index (χ1v) is 9.49. The average molecular weight is 382 g/mol. The number of methoxy groups -OCH3 is 1. The third-order valence-electron chi connectivity index (χ3n) is 4.49. The van der Waals surface area contributed by atoms with Crippen molar-refractivity contribution in [3.8, 4) is 5.75 Å². The van der Waals surface area contributed by atoms with E-state index < -0.39 is 5.97 Å². The van der Waals surface area contributed by atoms with E-state index in [2.05, 4.69) is 37.1 Å². The van der Waals surface area contributed by atoms with E-state index in [0.717, 1.165) is 12.3 Å². The number of likely N-dealkylation sites (tertiary alicyclic amines) is 1. The van der Waals surface area contributed by atoms with Crippen LogP contribution in [0, 0.1) is 0 Å². The van der Waals surface area contributed by atoms with Gasteiger partial charge >= 0.3 is 5.97 Å². The summed E-state index contributed by atoms with van der Waals surface area (Å²) >= 11 is 0. The molecule has 2 aromatic rings. The molecule has 1 fully saturated rings. The number of esters is 1. The van der Waals surface area contributed by atoms with Gasteiger partial charge in [0.25, 0.3) is 0 Å². The molecule has 28 heavy (non-hydrogen) atoms. The summed E-state index contributed by atoms with van der Waals surface area (Å²) in [5.74, 6) is 1.17. The second-order valence-corrected chi connectivity index (χ2v) is 6.55. The molecule has 0 amide bonds. The van der Waals surface area contributed by atoms with Crippen LogP contribution in [-0.4, -0.2) is 54.2 Å². The van der Waals surface area contributed by atoms with Crippen LogP contribution in [0.3, 0.4) is 0 Å². The standard InChI is InChI=1S/C21H26N4O3/c1-27-21(26)9-8-18-14-24-20(15-23-18)22-10-13-28-19-7-3-2-6-17(19)16-25-11-4-5-12-25/h2-3,6-9,14-15H,4-5,10-13,16H2,1H3,(H,22,24)/b9-8+. The topological polar surface area (TPSA) is 76.6 Å². The number of hydrogen-bond donors (Lipinski definition) is 1. The third-order valence-corrected chi connectivity index (χ3v) is 4.49. The zero-order chi connectivity index (χ0) is 19.6. The van der Waals surface area contributed by atoms with Gasteiger partial charge in [-0.2, -0.15) is 0 Å². The van der Waals surface area contributed by atoms with Crippen molar-refractivity contribution in [3.05, 3.63) is 54.0 Å². The number of benzene rings is 1. The first-order chi connectivity index (χ1) is 13.7. The number of carbonyl (C=O) groups is 1. The monoisotopic (exact) mass is 382 g/mol. The molecule has 3 rings (SSSR count). The molecule has 148 valence electrons. The number of rotatable bonds is 9. The summed E-state index contributed by atoms with van der Waals surface area (Å²) in [5, 5.41) is 3.19. The number of nitrogens with one attached hydrogen (secondary N) is 1. The first-order valence-electron chi connectivity index (χ1n) is 9.49. The highest BCUT2D eigenvalue weighted by molar-refractivity contribution is 5.86. The van der Waals surface area contributed by atoms with E-state index in [-0.39, 0.29) is 0 Å². The molecule has 1 saturated heterocycles. The van der Waals surface area contributed by atoms with Gasteiger partial charge in [-0.25, -0.2) is 9.78 Å². The van der Waals surface area contributed by atoms with Crippen molar-refractivity contribution in [1.29, 1.82) is 0 Å². The van der Waals surface area contributed by atoms with Crippen LogP contribution in [0.5, 0.6) is 5.75 Å². The molecule has 1 N–H and O–H groups in total. The highest BCUT2D eigenvalue weighted by Crippen LogP contribution is 2.21. The molecule has 0 spiro atoms. The van der Waals surface area contributed by atoms with Gasteiger partial charge in [0.1, 0.15) is 18.2 Å². The molecule has 0 aliphatic carbocycles. The normalized spacial score (nSPS) is 14.3. The Hall–Kier alpha value is -2.93. The van der Waals surface area contributed by atoms with Gasteiger partial charge in [0, 0.05) is 18.2 Å². The fourth-order valence-corrected chi connectivity index (χ4v) is 3.03. The number of anilines is 1. The largest absolute Gasteiger partial charge is 0.491 e. The van der Waals surface area contributed by atoms with Crippen molar-refractivity contribution in [3.63, 3.8) is 0 Å². The molecule has 0 atom stereocenters. The zero-order valence-electron chi connectivity index (χ0n) is 16.1. The van der Waals surface area contributed by atoms with Gasteiger partial charge in [0.2, 0.25) is 0 Å². The van der Waals surface area contributed by atoms with Gasteiger partial charge in [0.15, 0.2) is 0 Å². The van der Waals surface area contributed by atoms with E-state index in [0.29, 0.717) is 24.7 Å². The van der Waals surface area contributed by atoms with Gasteiger partial charge in [-0.15, -0.1) is 0 Å². The maximum Gasteiger partial charge on any atom is 0.330 e. The van der Waals surface area contributed by atoms with Gasteiger partial charge in [0.05, 0.1) is 31.7 Å². The number of para-hydroxylation sites is 1. The fraction of sp³-hybridized carbons (Fsp3) is 0.381. The number of aromatic nitrogens is 2. The number of carbonyl (C=O) groups excluding carboxylic acids is 1. The summed E-state index contributed by atoms with van der Waals surface area (Å²) in [4.78, 5) is 22.0. The SMILES string of the molecule is COC(=O)/C=C/c1cnc(NCCOc2ccccc2CN2CCCC2)cn1. The van der Waals surface area contributed by atoms with E-state index >= 15 is 0 Å². The highest BCUT2D eigenvalue weighted by Gasteiger charge is 2.13. The lowest BCUT2D eigenvalue weighted by Gasteiger charge is -2.17. The molecule has 1 aliphatic heterocycles. The maximum atomic E-state index is 11.1. The molecule has 1 aliphatic rings. The Bertz CT molecular complexity index is 786. The van der Waals surface area contributed by atoms with Crippen molar-refractivity contribution in [2.45, 2.75) is 19.4 Å². The van der Waals surface area contributed by atoms with Gasteiger partial charge in [-0.3, -0.25) is 9.88 Å². The highest BCUT2D eigenvalue weighted by atomic mass is 16.5. The summed E-state index contributed by atoms with van der Waals surface area (Å²) < 4.78 is 10.5. The van der Waals surface area contributed by atoms with Crippen molar-refractivity contribution in [2.75, 3.05) is 38.7 Å². The molecule has 7 nitrogen and oxygen atoms in total. The van der Waals surface area contributed by atoms with Gasteiger partial charge in [-0.1, -0.05) is 18.2 Å². The van der Waals surface area contributed by atoms with Crippen LogP contribution in [0.2, 0.25) is 0 Å². The molecule has 0 radical (unpaired) electrons. The van der Waals surface area contributed by atoms with Crippen LogP contribution in [0.4, 0.5) is 5.82 Å². The average Bonchev–Trinajstić information content (AvgIpc) is 3.24. The van der Waals surface area contributed by atoms with Crippen LogP contribution < -0.4 is 10.1 Å². The molecular formula is C21H26N4O3. The van der Waals surface area contributed by atoms with Crippen LogP contribution >= 0.6 is 0 Å². The predicted octanol–water partition coefficient (Wildman–Crippen LogP) is 2.75. The van der Waals surface area contributed by atoms with Crippen LogP contribution in [0.25, 0.3) is 6.08 Å². The van der Waals surface area contributed by atoms with Crippen LogP contribution in [0.1, 0.15) is 24.1 Å². The van der Waals surface area contributed by atoms with Crippen molar-refractivity contribution < 1.29 is 14.3 Å². The van der Waals surface area contributed by atoms with Crippen LogP contribution in [-0.2, 0) is 16.1 Å². The second-order valence-electron chi connectivity index (χ2n) is 6.55. The molecule has 2 heterocycles. The van der Waals surface area contributed by atoms with Crippen molar-refractivity contribution >= 4 is 17.9 Å². The van der Waals surface area contributed by atoms with E-state index in [1.54, 1.807) is 18.5 Å². The molecule has 0 bridgehead atoms. The molecule has 7 heteroatoms. The Kier molecular flexibility index (Phi) is 7.37. The molecule has 0 unspecified atom stereocenters. The summed E-state index contributed by atoms with van der Waals surface area (Å²) in [7, 11) is 1.33. The molecule has 0 saturated carbocycles. The minimum Gasteiger partial charge on any atom is -0.491 e. The lowest BCUT2D eigenvalue weighted by Crippen LogP contribution is -2.19. The fourth-order valence-electron chi connectivity index (χ4n) is 3.03. The minimum atomic E-state index is -0.425. The van der Waals surface area contributed by atoms with Gasteiger partial charge in [-0.05, 0) is 38.1 Å². The Morgan fingerprint density at radius 3 is 2.79 bits per heavy atom. The Balaban J connectivity index is 1.44. The maximum absolute atomic E-state index is 11.1.